The van der Waals surface area contributed by atoms with Crippen molar-refractivity contribution in [3.8, 4) is 0 Å². The molecule has 0 aromatic carbocycles. The third kappa shape index (κ3) is 3.04. The zero-order valence-electron chi connectivity index (χ0n) is 10.6. The first-order valence-electron chi connectivity index (χ1n) is 6.01. The first-order chi connectivity index (χ1) is 8.70. The molecule has 1 unspecified atom stereocenters. The van der Waals surface area contributed by atoms with Crippen molar-refractivity contribution >= 4 is 34.6 Å². The van der Waals surface area contributed by atoms with Gasteiger partial charge in [0.15, 0.2) is 5.65 Å². The summed E-state index contributed by atoms with van der Waals surface area (Å²) < 4.78 is 0. The van der Waals surface area contributed by atoms with Crippen LogP contribution in [-0.4, -0.2) is 37.7 Å². The van der Waals surface area contributed by atoms with Crippen LogP contribution in [0.1, 0.15) is 20.3 Å². The minimum absolute atomic E-state index is 0.254. The molecule has 0 spiro atoms. The van der Waals surface area contributed by atoms with E-state index in [1.807, 2.05) is 11.8 Å². The number of rotatable bonds is 6. The monoisotopic (exact) mass is 266 g/mol. The molecule has 98 valence electrons. The van der Waals surface area contributed by atoms with Gasteiger partial charge in [0.25, 0.3) is 0 Å². The van der Waals surface area contributed by atoms with Crippen LogP contribution in [0.3, 0.4) is 0 Å². The maximum Gasteiger partial charge on any atom is 0.224 e. The van der Waals surface area contributed by atoms with E-state index in [2.05, 4.69) is 39.3 Å². The highest BCUT2D eigenvalue weighted by molar-refractivity contribution is 7.99. The maximum absolute atomic E-state index is 5.67. The number of hydrogen-bond acceptors (Lipinski definition) is 6. The van der Waals surface area contributed by atoms with E-state index in [0.29, 0.717) is 11.7 Å². The van der Waals surface area contributed by atoms with Crippen molar-refractivity contribution < 1.29 is 0 Å². The van der Waals surface area contributed by atoms with E-state index in [9.17, 15) is 0 Å². The number of thioether (sulfide) groups is 1. The summed E-state index contributed by atoms with van der Waals surface area (Å²) >= 11 is 1.94. The van der Waals surface area contributed by atoms with Crippen LogP contribution in [0.5, 0.6) is 0 Å². The van der Waals surface area contributed by atoms with Crippen LogP contribution in [0.4, 0.5) is 11.8 Å². The highest BCUT2D eigenvalue weighted by atomic mass is 32.2. The third-order valence-corrected chi connectivity index (χ3v) is 3.54. The number of nitrogen functional groups attached to an aromatic ring is 1. The quantitative estimate of drug-likeness (QED) is 0.691. The van der Waals surface area contributed by atoms with Gasteiger partial charge in [0.1, 0.15) is 5.82 Å². The van der Waals surface area contributed by atoms with Crippen LogP contribution >= 0.6 is 11.8 Å². The Morgan fingerprint density at radius 3 is 3.11 bits per heavy atom. The number of fused-ring (bicyclic) bond motifs is 1. The molecule has 0 saturated heterocycles. The molecule has 4 N–H and O–H groups in total. The smallest absolute Gasteiger partial charge is 0.224 e. The minimum atomic E-state index is 0.254. The van der Waals surface area contributed by atoms with Crippen LogP contribution in [0.15, 0.2) is 6.20 Å². The van der Waals surface area contributed by atoms with E-state index in [-0.39, 0.29) is 5.95 Å². The Labute approximate surface area is 110 Å². The number of aromatic amines is 1. The molecule has 0 aliphatic rings. The SMILES string of the molecule is CCSCCC(C)Nc1nc(N)nc2[nH]ncc12. The fourth-order valence-corrected chi connectivity index (χ4v) is 2.48. The fourth-order valence-electron chi connectivity index (χ4n) is 1.67. The van der Waals surface area contributed by atoms with E-state index < -0.39 is 0 Å². The molecule has 0 fully saturated rings. The van der Waals surface area contributed by atoms with E-state index in [4.69, 9.17) is 5.73 Å². The first-order valence-corrected chi connectivity index (χ1v) is 7.17. The van der Waals surface area contributed by atoms with Crippen molar-refractivity contribution in [3.05, 3.63) is 6.20 Å². The molecule has 0 aliphatic heterocycles. The average Bonchev–Trinajstić information content (AvgIpc) is 2.77. The number of nitrogens with zero attached hydrogens (tertiary/aromatic N) is 3. The molecule has 7 heteroatoms. The molecular weight excluding hydrogens is 248 g/mol. The van der Waals surface area contributed by atoms with Gasteiger partial charge >= 0.3 is 0 Å². The molecule has 2 rings (SSSR count). The molecule has 0 bridgehead atoms. The molecule has 1 atom stereocenters. The lowest BCUT2D eigenvalue weighted by molar-refractivity contribution is 0.768. The van der Waals surface area contributed by atoms with Gasteiger partial charge in [-0.25, -0.2) is 0 Å². The fraction of sp³-hybridized carbons (Fsp3) is 0.545. The Balaban J connectivity index is 2.08. The van der Waals surface area contributed by atoms with Gasteiger partial charge in [-0.05, 0) is 24.9 Å². The number of H-pyrrole nitrogens is 1. The number of aromatic nitrogens is 4. The Morgan fingerprint density at radius 2 is 2.33 bits per heavy atom. The van der Waals surface area contributed by atoms with Gasteiger partial charge in [-0.15, -0.1) is 0 Å². The summed E-state index contributed by atoms with van der Waals surface area (Å²) in [6.07, 6.45) is 2.80. The summed E-state index contributed by atoms with van der Waals surface area (Å²) in [5, 5.41) is 11.0. The van der Waals surface area contributed by atoms with Crippen LogP contribution in [0, 0.1) is 0 Å². The second-order valence-electron chi connectivity index (χ2n) is 4.09. The molecule has 0 aliphatic carbocycles. The summed E-state index contributed by atoms with van der Waals surface area (Å²) in [5.74, 6) is 3.29. The zero-order valence-corrected chi connectivity index (χ0v) is 11.4. The second-order valence-corrected chi connectivity index (χ2v) is 5.49. The third-order valence-electron chi connectivity index (χ3n) is 2.61. The Hall–Kier alpha value is -1.50. The van der Waals surface area contributed by atoms with Crippen LogP contribution in [-0.2, 0) is 0 Å². The standard InChI is InChI=1S/C11H18N6S/c1-3-18-5-4-7(2)14-9-8-6-13-17-10(8)16-11(12)15-9/h6-7H,3-5H2,1-2H3,(H4,12,13,14,15,16,17). The highest BCUT2D eigenvalue weighted by Gasteiger charge is 2.10. The molecule has 0 radical (unpaired) electrons. The van der Waals surface area contributed by atoms with E-state index in [1.54, 1.807) is 6.20 Å². The normalized spacial score (nSPS) is 12.8. The van der Waals surface area contributed by atoms with Gasteiger partial charge in [-0.3, -0.25) is 5.10 Å². The molecule has 0 amide bonds. The lowest BCUT2D eigenvalue weighted by Gasteiger charge is -2.14. The van der Waals surface area contributed by atoms with Crippen molar-refractivity contribution in [1.29, 1.82) is 0 Å². The predicted molar refractivity (Wildman–Crippen MR) is 76.8 cm³/mol. The first kappa shape index (κ1) is 12.9. The molecular formula is C11H18N6S. The molecule has 2 aromatic heterocycles. The summed E-state index contributed by atoms with van der Waals surface area (Å²) in [4.78, 5) is 8.31. The largest absolute Gasteiger partial charge is 0.368 e. The topological polar surface area (TPSA) is 92.5 Å². The summed E-state index contributed by atoms with van der Waals surface area (Å²) in [7, 11) is 0. The van der Waals surface area contributed by atoms with Crippen molar-refractivity contribution in [2.45, 2.75) is 26.3 Å². The van der Waals surface area contributed by atoms with Gasteiger partial charge in [0, 0.05) is 6.04 Å². The number of nitrogens with two attached hydrogens (primary N) is 1. The number of hydrogen-bond donors (Lipinski definition) is 3. The van der Waals surface area contributed by atoms with Crippen LogP contribution in [0.2, 0.25) is 0 Å². The van der Waals surface area contributed by atoms with Gasteiger partial charge in [0.2, 0.25) is 5.95 Å². The second kappa shape index (κ2) is 5.90. The summed E-state index contributed by atoms with van der Waals surface area (Å²) in [6.45, 7) is 4.31. The highest BCUT2D eigenvalue weighted by Crippen LogP contribution is 2.20. The lowest BCUT2D eigenvalue weighted by atomic mass is 10.2. The van der Waals surface area contributed by atoms with Gasteiger partial charge < -0.3 is 11.1 Å². The zero-order chi connectivity index (χ0) is 13.0. The lowest BCUT2D eigenvalue weighted by Crippen LogP contribution is -2.17. The Bertz CT molecular complexity index is 511. The Morgan fingerprint density at radius 1 is 1.50 bits per heavy atom. The van der Waals surface area contributed by atoms with Crippen LogP contribution in [0.25, 0.3) is 11.0 Å². The molecule has 6 nitrogen and oxygen atoms in total. The van der Waals surface area contributed by atoms with E-state index in [1.165, 1.54) is 0 Å². The van der Waals surface area contributed by atoms with Crippen molar-refractivity contribution in [3.63, 3.8) is 0 Å². The van der Waals surface area contributed by atoms with Crippen molar-refractivity contribution in [2.75, 3.05) is 22.6 Å². The van der Waals surface area contributed by atoms with Crippen molar-refractivity contribution in [1.82, 2.24) is 20.2 Å². The average molecular weight is 266 g/mol. The minimum Gasteiger partial charge on any atom is -0.368 e. The molecule has 2 aromatic rings. The van der Waals surface area contributed by atoms with Gasteiger partial charge in [0.05, 0.1) is 11.6 Å². The predicted octanol–water partition coefficient (Wildman–Crippen LogP) is 1.88. The summed E-state index contributed by atoms with van der Waals surface area (Å²) in [6, 6.07) is 0.344. The molecule has 18 heavy (non-hydrogen) atoms. The molecule has 0 saturated carbocycles. The van der Waals surface area contributed by atoms with Crippen molar-refractivity contribution in [2.24, 2.45) is 0 Å². The maximum atomic E-state index is 5.67. The van der Waals surface area contributed by atoms with Crippen LogP contribution < -0.4 is 11.1 Å². The van der Waals surface area contributed by atoms with E-state index >= 15 is 0 Å². The van der Waals surface area contributed by atoms with Gasteiger partial charge in [-0.2, -0.15) is 26.8 Å². The van der Waals surface area contributed by atoms with E-state index in [0.717, 1.165) is 29.1 Å². The summed E-state index contributed by atoms with van der Waals surface area (Å²) in [5.41, 5.74) is 6.33. The molecule has 2 heterocycles. The Kier molecular flexibility index (Phi) is 4.24. The number of anilines is 2. The van der Waals surface area contributed by atoms with Gasteiger partial charge in [-0.1, -0.05) is 6.92 Å². The number of nitrogens with one attached hydrogen (secondary N) is 2.